The molecule has 1 aromatic heterocycles. The summed E-state index contributed by atoms with van der Waals surface area (Å²) in [7, 11) is 0. The van der Waals surface area contributed by atoms with Gasteiger partial charge in [-0.25, -0.2) is 4.79 Å². The molecule has 1 aliphatic heterocycles. The number of piperazine rings is 1. The first-order chi connectivity index (χ1) is 13.7. The van der Waals surface area contributed by atoms with Crippen LogP contribution in [0.1, 0.15) is 38.8 Å². The quantitative estimate of drug-likeness (QED) is 0.765. The van der Waals surface area contributed by atoms with Gasteiger partial charge in [0.05, 0.1) is 0 Å². The first kappa shape index (κ1) is 21.0. The van der Waals surface area contributed by atoms with Gasteiger partial charge in [0.25, 0.3) is 0 Å². The molecular weight excluding hydrogens is 366 g/mol. The number of carbonyl (C=O) groups excluding carboxylic acids is 1. The van der Waals surface area contributed by atoms with Gasteiger partial charge in [-0.05, 0) is 51.8 Å². The van der Waals surface area contributed by atoms with Gasteiger partial charge >= 0.3 is 6.09 Å². The van der Waals surface area contributed by atoms with Crippen molar-refractivity contribution in [3.8, 4) is 5.88 Å². The van der Waals surface area contributed by atoms with E-state index in [1.807, 2.05) is 64.1 Å². The SMILES string of the molecule is Cc1cc(OCc2ccccc2)nc(N2CCN(C(=O)OC(C)(C)C)CC2C)c1. The van der Waals surface area contributed by atoms with Crippen molar-refractivity contribution in [2.24, 2.45) is 0 Å². The lowest BCUT2D eigenvalue weighted by Crippen LogP contribution is -2.54. The Morgan fingerprint density at radius 1 is 1.17 bits per heavy atom. The summed E-state index contributed by atoms with van der Waals surface area (Å²) in [6, 6.07) is 14.2. The van der Waals surface area contributed by atoms with Crippen molar-refractivity contribution in [1.29, 1.82) is 0 Å². The first-order valence-corrected chi connectivity index (χ1v) is 10.1. The van der Waals surface area contributed by atoms with Crippen LogP contribution in [0.15, 0.2) is 42.5 Å². The monoisotopic (exact) mass is 397 g/mol. The number of hydrogen-bond acceptors (Lipinski definition) is 5. The van der Waals surface area contributed by atoms with Gasteiger partial charge in [-0.3, -0.25) is 0 Å². The van der Waals surface area contributed by atoms with Gasteiger partial charge in [-0.2, -0.15) is 4.98 Å². The van der Waals surface area contributed by atoms with E-state index in [9.17, 15) is 4.79 Å². The van der Waals surface area contributed by atoms with Crippen molar-refractivity contribution in [3.63, 3.8) is 0 Å². The third-order valence-electron chi connectivity index (χ3n) is 4.74. The fraction of sp³-hybridized carbons (Fsp3) is 0.478. The molecule has 0 saturated carbocycles. The second kappa shape index (κ2) is 8.72. The van der Waals surface area contributed by atoms with Crippen LogP contribution in [0.2, 0.25) is 0 Å². The molecule has 6 heteroatoms. The number of benzene rings is 1. The predicted octanol–water partition coefficient (Wildman–Crippen LogP) is 4.41. The fourth-order valence-electron chi connectivity index (χ4n) is 3.36. The number of nitrogens with zero attached hydrogens (tertiary/aromatic N) is 3. The summed E-state index contributed by atoms with van der Waals surface area (Å²) in [4.78, 5) is 21.1. The molecule has 156 valence electrons. The highest BCUT2D eigenvalue weighted by atomic mass is 16.6. The second-order valence-corrected chi connectivity index (χ2v) is 8.58. The van der Waals surface area contributed by atoms with Gasteiger partial charge in [0.15, 0.2) is 0 Å². The zero-order chi connectivity index (χ0) is 21.0. The Morgan fingerprint density at radius 3 is 2.55 bits per heavy atom. The summed E-state index contributed by atoms with van der Waals surface area (Å²) < 4.78 is 11.4. The molecule has 1 unspecified atom stereocenters. The van der Waals surface area contributed by atoms with Crippen LogP contribution in [0.5, 0.6) is 5.88 Å². The Balaban J connectivity index is 1.66. The number of hydrogen-bond donors (Lipinski definition) is 0. The largest absolute Gasteiger partial charge is 0.473 e. The molecule has 0 spiro atoms. The van der Waals surface area contributed by atoms with E-state index in [-0.39, 0.29) is 12.1 Å². The van der Waals surface area contributed by atoms with Gasteiger partial charge in [0.2, 0.25) is 5.88 Å². The van der Waals surface area contributed by atoms with Crippen LogP contribution >= 0.6 is 0 Å². The van der Waals surface area contributed by atoms with Crippen molar-refractivity contribution in [2.75, 3.05) is 24.5 Å². The number of aryl methyl sites for hydroxylation is 1. The zero-order valence-electron chi connectivity index (χ0n) is 18.0. The molecule has 6 nitrogen and oxygen atoms in total. The average Bonchev–Trinajstić information content (AvgIpc) is 2.65. The molecule has 0 aliphatic carbocycles. The van der Waals surface area contributed by atoms with E-state index in [4.69, 9.17) is 14.5 Å². The van der Waals surface area contributed by atoms with Crippen LogP contribution in [-0.4, -0.2) is 47.3 Å². The molecule has 2 heterocycles. The number of pyridine rings is 1. The lowest BCUT2D eigenvalue weighted by Gasteiger charge is -2.40. The number of anilines is 1. The maximum atomic E-state index is 12.4. The lowest BCUT2D eigenvalue weighted by molar-refractivity contribution is 0.0218. The summed E-state index contributed by atoms with van der Waals surface area (Å²) in [5.41, 5.74) is 1.72. The highest BCUT2D eigenvalue weighted by molar-refractivity contribution is 5.68. The third-order valence-corrected chi connectivity index (χ3v) is 4.74. The maximum Gasteiger partial charge on any atom is 0.410 e. The minimum absolute atomic E-state index is 0.132. The third kappa shape index (κ3) is 5.86. The van der Waals surface area contributed by atoms with E-state index in [2.05, 4.69) is 17.9 Å². The minimum atomic E-state index is -0.486. The smallest absolute Gasteiger partial charge is 0.410 e. The average molecular weight is 398 g/mol. The fourth-order valence-corrected chi connectivity index (χ4v) is 3.36. The van der Waals surface area contributed by atoms with Crippen LogP contribution in [0.4, 0.5) is 10.6 Å². The van der Waals surface area contributed by atoms with E-state index in [1.54, 1.807) is 4.90 Å². The maximum absolute atomic E-state index is 12.4. The highest BCUT2D eigenvalue weighted by Crippen LogP contribution is 2.24. The van der Waals surface area contributed by atoms with Gasteiger partial charge in [0, 0.05) is 31.7 Å². The molecule has 1 atom stereocenters. The molecule has 1 aliphatic rings. The van der Waals surface area contributed by atoms with Crippen LogP contribution in [0.3, 0.4) is 0 Å². The van der Waals surface area contributed by atoms with E-state index < -0.39 is 5.60 Å². The number of amides is 1. The molecule has 0 bridgehead atoms. The van der Waals surface area contributed by atoms with E-state index >= 15 is 0 Å². The van der Waals surface area contributed by atoms with Crippen molar-refractivity contribution in [3.05, 3.63) is 53.6 Å². The predicted molar refractivity (Wildman–Crippen MR) is 114 cm³/mol. The van der Waals surface area contributed by atoms with Gasteiger partial charge in [0.1, 0.15) is 18.0 Å². The zero-order valence-corrected chi connectivity index (χ0v) is 18.0. The van der Waals surface area contributed by atoms with Gasteiger partial charge < -0.3 is 19.3 Å². The minimum Gasteiger partial charge on any atom is -0.473 e. The summed E-state index contributed by atoms with van der Waals surface area (Å²) in [6.07, 6.45) is -0.256. The lowest BCUT2D eigenvalue weighted by atomic mass is 10.1. The molecule has 1 aromatic carbocycles. The van der Waals surface area contributed by atoms with Crippen LogP contribution in [0, 0.1) is 6.92 Å². The summed E-state index contributed by atoms with van der Waals surface area (Å²) in [5.74, 6) is 1.50. The number of carbonyl (C=O) groups is 1. The van der Waals surface area contributed by atoms with Crippen molar-refractivity contribution < 1.29 is 14.3 Å². The summed E-state index contributed by atoms with van der Waals surface area (Å²) in [6.45, 7) is 12.2. The Bertz CT molecular complexity index is 833. The molecule has 1 fully saturated rings. The second-order valence-electron chi connectivity index (χ2n) is 8.58. The highest BCUT2D eigenvalue weighted by Gasteiger charge is 2.30. The Kier molecular flexibility index (Phi) is 6.30. The number of aromatic nitrogens is 1. The topological polar surface area (TPSA) is 54.9 Å². The molecule has 3 rings (SSSR count). The molecule has 1 amide bonds. The molecule has 2 aromatic rings. The van der Waals surface area contributed by atoms with Gasteiger partial charge in [-0.15, -0.1) is 0 Å². The van der Waals surface area contributed by atoms with Crippen LogP contribution < -0.4 is 9.64 Å². The van der Waals surface area contributed by atoms with E-state index in [0.29, 0.717) is 32.1 Å². The number of rotatable bonds is 4. The van der Waals surface area contributed by atoms with Crippen LogP contribution in [-0.2, 0) is 11.3 Å². The normalized spacial score (nSPS) is 17.2. The number of ether oxygens (including phenoxy) is 2. The molecule has 1 saturated heterocycles. The molecule has 0 radical (unpaired) electrons. The Hall–Kier alpha value is -2.76. The van der Waals surface area contributed by atoms with E-state index in [0.717, 1.165) is 16.9 Å². The van der Waals surface area contributed by atoms with Crippen LogP contribution in [0.25, 0.3) is 0 Å². The molecular formula is C23H31N3O3. The summed E-state index contributed by atoms with van der Waals surface area (Å²) >= 11 is 0. The van der Waals surface area contributed by atoms with E-state index in [1.165, 1.54) is 0 Å². The molecule has 29 heavy (non-hydrogen) atoms. The Morgan fingerprint density at radius 2 is 1.90 bits per heavy atom. The molecule has 0 N–H and O–H groups in total. The van der Waals surface area contributed by atoms with Crippen molar-refractivity contribution in [1.82, 2.24) is 9.88 Å². The van der Waals surface area contributed by atoms with Gasteiger partial charge in [-0.1, -0.05) is 30.3 Å². The van der Waals surface area contributed by atoms with Crippen molar-refractivity contribution >= 4 is 11.9 Å². The summed E-state index contributed by atoms with van der Waals surface area (Å²) in [5, 5.41) is 0. The standard InChI is InChI=1S/C23H31N3O3/c1-17-13-20(24-21(14-17)28-16-19-9-7-6-8-10-19)26-12-11-25(15-18(26)2)22(27)29-23(3,4)5/h6-10,13-14,18H,11-12,15-16H2,1-5H3. The first-order valence-electron chi connectivity index (χ1n) is 10.1. The van der Waals surface area contributed by atoms with Crippen molar-refractivity contribution in [2.45, 2.75) is 52.9 Å². The Labute approximate surface area is 173 Å².